The number of aliphatic hydroxyl groups excluding tert-OH is 3. The molecule has 26 nitrogen and oxygen atoms in total. The maximum Gasteiger partial charge on any atom is 0.410 e. The highest BCUT2D eigenvalue weighted by Gasteiger charge is 2.49. The minimum atomic E-state index is -2.08. The Hall–Kier alpha value is -8.01. The standard InChI is InChI=1S/C49H50N6O20/c1-3-49(68)28-16-31-39-26(19-55(31)44(63)27(28)21-70-47(49)66)25(24-15-33-34(73-22-72-33)17-29(24)52-39)18-53(12-13-69-2)48(67)71-20-23-4-5-32(74-46-42(62)40(60)41(61)43(75-46)45(64)65)30(14-23)51-36(57)8-10-50-35(56)9-11-54-37(58)6-7-38(54)59/h4-7,14-17,40-43,46,60-62,68H,3,8-13,18-22H2,1-2H3,(H,50,56)(H,51,57)(H,64,65)/t40-,41-,42+,43-,46+,49-/m0/s1. The van der Waals surface area contributed by atoms with Gasteiger partial charge in [0, 0.05) is 74.3 Å². The normalized spacial score (nSPS) is 22.1. The van der Waals surface area contributed by atoms with E-state index in [1.807, 2.05) is 0 Å². The van der Waals surface area contributed by atoms with Crippen LogP contribution in [0.25, 0.3) is 22.3 Å². The molecule has 1 saturated heterocycles. The van der Waals surface area contributed by atoms with E-state index in [9.17, 15) is 63.9 Å². The molecule has 0 unspecified atom stereocenters. The molecule has 5 aliphatic heterocycles. The van der Waals surface area contributed by atoms with Gasteiger partial charge in [0.1, 0.15) is 37.3 Å². The highest BCUT2D eigenvalue weighted by Crippen LogP contribution is 2.44. The van der Waals surface area contributed by atoms with Crippen molar-refractivity contribution < 1.29 is 92.3 Å². The molecule has 396 valence electrons. The SMILES string of the molecule is CC[C@@]1(O)C(=O)OCc2c1cc1n(c2=O)Cc2c-1nc1cc3c(cc1c2CN(CCOC)C(=O)OCc1ccc(O[C@@H]2O[C@H](C(=O)O)[C@@H](O)[C@H](O)[C@H]2O)c(NC(=O)CCNC(=O)CCN2C(=O)C=CC2=O)c1)OCO3. The van der Waals surface area contributed by atoms with Gasteiger partial charge in [-0.3, -0.25) is 28.9 Å². The molecule has 0 bridgehead atoms. The quantitative estimate of drug-likeness (QED) is 0.0435. The Labute approximate surface area is 423 Å². The van der Waals surface area contributed by atoms with Crippen molar-refractivity contribution in [3.63, 3.8) is 0 Å². The van der Waals surface area contributed by atoms with Crippen molar-refractivity contribution in [3.05, 3.63) is 86.7 Å². The largest absolute Gasteiger partial charge is 0.479 e. The van der Waals surface area contributed by atoms with Crippen molar-refractivity contribution in [1.29, 1.82) is 0 Å². The minimum absolute atomic E-state index is 0.00906. The summed E-state index contributed by atoms with van der Waals surface area (Å²) >= 11 is 0. The zero-order valence-corrected chi connectivity index (χ0v) is 40.1. The number of aliphatic hydroxyl groups is 4. The number of imide groups is 1. The molecule has 4 aromatic rings. The molecule has 7 heterocycles. The van der Waals surface area contributed by atoms with E-state index in [-0.39, 0.29) is 100 Å². The summed E-state index contributed by atoms with van der Waals surface area (Å²) in [5.41, 5.74) is -0.0206. The number of anilines is 1. The summed E-state index contributed by atoms with van der Waals surface area (Å²) in [7, 11) is 1.44. The van der Waals surface area contributed by atoms with Crippen LogP contribution in [0.2, 0.25) is 0 Å². The number of pyridine rings is 2. The summed E-state index contributed by atoms with van der Waals surface area (Å²) in [6, 6.07) is 8.98. The number of carboxylic acids is 1. The molecule has 0 radical (unpaired) electrons. The fourth-order valence-corrected chi connectivity index (χ4v) is 9.22. The molecule has 0 spiro atoms. The molecule has 0 aliphatic carbocycles. The van der Waals surface area contributed by atoms with Gasteiger partial charge in [-0.25, -0.2) is 19.4 Å². The first-order valence-corrected chi connectivity index (χ1v) is 23.6. The number of aromatic nitrogens is 2. The van der Waals surface area contributed by atoms with Crippen LogP contribution in [0.1, 0.15) is 54.0 Å². The maximum absolute atomic E-state index is 14.3. The number of amides is 5. The molecule has 6 atom stereocenters. The Morgan fingerprint density at radius 2 is 1.67 bits per heavy atom. The summed E-state index contributed by atoms with van der Waals surface area (Å²) in [5.74, 6) is -4.36. The molecule has 5 aliphatic rings. The van der Waals surface area contributed by atoms with E-state index in [1.54, 1.807) is 25.1 Å². The Balaban J connectivity index is 0.968. The Kier molecular flexibility index (Phi) is 14.6. The lowest BCUT2D eigenvalue weighted by Gasteiger charge is -2.38. The summed E-state index contributed by atoms with van der Waals surface area (Å²) in [4.78, 5) is 110. The highest BCUT2D eigenvalue weighted by atomic mass is 16.7. The molecule has 1 fully saturated rings. The van der Waals surface area contributed by atoms with E-state index in [0.29, 0.717) is 44.9 Å². The molecule has 75 heavy (non-hydrogen) atoms. The molecule has 7 N–H and O–H groups in total. The molecule has 2 aromatic carbocycles. The molecule has 0 saturated carbocycles. The van der Waals surface area contributed by atoms with Crippen molar-refractivity contribution in [2.45, 2.75) is 88.8 Å². The number of benzene rings is 2. The summed E-state index contributed by atoms with van der Waals surface area (Å²) in [5, 5.41) is 58.1. The number of hydrogen-bond acceptors (Lipinski definition) is 20. The molecule has 9 rings (SSSR count). The van der Waals surface area contributed by atoms with Gasteiger partial charge in [-0.05, 0) is 41.8 Å². The number of nitrogens with zero attached hydrogens (tertiary/aromatic N) is 4. The van der Waals surface area contributed by atoms with E-state index in [1.165, 1.54) is 34.8 Å². The van der Waals surface area contributed by atoms with E-state index in [4.69, 9.17) is 38.1 Å². The zero-order valence-electron chi connectivity index (χ0n) is 40.1. The lowest BCUT2D eigenvalue weighted by Crippen LogP contribution is -2.61. The number of aliphatic carboxylic acids is 1. The average molecular weight is 1040 g/mol. The topological polar surface area (TPSA) is 351 Å². The summed E-state index contributed by atoms with van der Waals surface area (Å²) < 4.78 is 40.4. The third-order valence-corrected chi connectivity index (χ3v) is 13.3. The predicted molar refractivity (Wildman–Crippen MR) is 251 cm³/mol. The average Bonchev–Trinajstić information content (AvgIpc) is 4.13. The van der Waals surface area contributed by atoms with Gasteiger partial charge in [0.15, 0.2) is 23.2 Å². The van der Waals surface area contributed by atoms with Crippen LogP contribution < -0.4 is 30.4 Å². The Morgan fingerprint density at radius 3 is 2.39 bits per heavy atom. The maximum atomic E-state index is 14.3. The summed E-state index contributed by atoms with van der Waals surface area (Å²) in [6.07, 6.45) is -9.25. The van der Waals surface area contributed by atoms with Gasteiger partial charge in [-0.2, -0.15) is 0 Å². The smallest absolute Gasteiger partial charge is 0.410 e. The van der Waals surface area contributed by atoms with Gasteiger partial charge >= 0.3 is 18.0 Å². The van der Waals surface area contributed by atoms with Gasteiger partial charge < -0.3 is 78.8 Å². The van der Waals surface area contributed by atoms with Crippen molar-refractivity contribution in [2.75, 3.05) is 45.5 Å². The number of carboxylic acid groups (broad SMARTS) is 1. The fraction of sp³-hybridized carbons (Fsp3) is 0.408. The third-order valence-electron chi connectivity index (χ3n) is 13.3. The number of carbonyl (C=O) groups excluding carboxylic acids is 6. The first kappa shape index (κ1) is 51.9. The number of fused-ring (bicyclic) bond motifs is 6. The molecule has 5 amide bonds. The highest BCUT2D eigenvalue weighted by molar-refractivity contribution is 6.13. The van der Waals surface area contributed by atoms with Crippen LogP contribution in [0.15, 0.2) is 53.3 Å². The van der Waals surface area contributed by atoms with Crippen LogP contribution in [0.3, 0.4) is 0 Å². The van der Waals surface area contributed by atoms with E-state index < -0.39 is 90.1 Å². The number of methoxy groups -OCH3 is 1. The third kappa shape index (κ3) is 10.0. The zero-order chi connectivity index (χ0) is 53.5. The minimum Gasteiger partial charge on any atom is -0.479 e. The van der Waals surface area contributed by atoms with Crippen molar-refractivity contribution >= 4 is 58.3 Å². The molecular weight excluding hydrogens is 993 g/mol. The van der Waals surface area contributed by atoms with Crippen molar-refractivity contribution in [1.82, 2.24) is 24.7 Å². The number of nitrogens with one attached hydrogen (secondary N) is 2. The van der Waals surface area contributed by atoms with Gasteiger partial charge in [0.05, 0.1) is 47.9 Å². The molecular formula is C49H50N6O20. The number of rotatable bonds is 18. The fourth-order valence-electron chi connectivity index (χ4n) is 9.22. The van der Waals surface area contributed by atoms with Crippen LogP contribution in [0, 0.1) is 0 Å². The number of esters is 1. The monoisotopic (exact) mass is 1040 g/mol. The van der Waals surface area contributed by atoms with Gasteiger partial charge in [-0.1, -0.05) is 13.0 Å². The lowest BCUT2D eigenvalue weighted by molar-refractivity contribution is -0.271. The van der Waals surface area contributed by atoms with Gasteiger partial charge in [-0.15, -0.1) is 0 Å². The first-order valence-electron chi connectivity index (χ1n) is 23.6. The second-order valence-electron chi connectivity index (χ2n) is 18.0. The first-order chi connectivity index (χ1) is 35.9. The van der Waals surface area contributed by atoms with Gasteiger partial charge in [0.2, 0.25) is 24.9 Å². The molecule has 26 heteroatoms. The van der Waals surface area contributed by atoms with Crippen LogP contribution >= 0.6 is 0 Å². The number of hydrogen-bond donors (Lipinski definition) is 7. The van der Waals surface area contributed by atoms with Crippen LogP contribution in [-0.4, -0.2) is 157 Å². The number of carbonyl (C=O) groups is 7. The number of cyclic esters (lactones) is 1. The number of ether oxygens (including phenoxy) is 7. The van der Waals surface area contributed by atoms with E-state index in [0.717, 1.165) is 17.1 Å². The Bertz CT molecular complexity index is 3100. The second kappa shape index (κ2) is 21.1. The van der Waals surface area contributed by atoms with Crippen LogP contribution in [0.5, 0.6) is 17.2 Å². The van der Waals surface area contributed by atoms with Crippen molar-refractivity contribution in [3.8, 4) is 28.6 Å². The van der Waals surface area contributed by atoms with Crippen LogP contribution in [-0.2, 0) is 79.6 Å². The molecule has 2 aromatic heterocycles. The van der Waals surface area contributed by atoms with E-state index >= 15 is 0 Å². The van der Waals surface area contributed by atoms with E-state index in [2.05, 4.69) is 10.6 Å². The second-order valence-corrected chi connectivity index (χ2v) is 18.0. The van der Waals surface area contributed by atoms with Crippen molar-refractivity contribution in [2.24, 2.45) is 0 Å². The van der Waals surface area contributed by atoms with Gasteiger partial charge in [0.25, 0.3) is 17.4 Å². The predicted octanol–water partition coefficient (Wildman–Crippen LogP) is -0.376. The Morgan fingerprint density at radius 1 is 0.920 bits per heavy atom. The lowest BCUT2D eigenvalue weighted by atomic mass is 9.86. The van der Waals surface area contributed by atoms with Crippen LogP contribution in [0.4, 0.5) is 10.5 Å². The summed E-state index contributed by atoms with van der Waals surface area (Å²) in [6.45, 7) is 0.264.